The van der Waals surface area contributed by atoms with Gasteiger partial charge in [-0.3, -0.25) is 14.6 Å². The molecule has 3 rings (SSSR count). The first kappa shape index (κ1) is 20.8. The van der Waals surface area contributed by atoms with Gasteiger partial charge in [-0.15, -0.1) is 0 Å². The molecule has 0 unspecified atom stereocenters. The molecule has 1 fully saturated rings. The third-order valence-corrected chi connectivity index (χ3v) is 6.09. The van der Waals surface area contributed by atoms with Gasteiger partial charge in [0.2, 0.25) is 5.91 Å². The number of carbonyl (C=O) groups excluding carboxylic acids is 1. The number of unbranched alkanes of at least 4 members (excludes halogenated alkanes) is 2. The molecule has 6 heteroatoms. The lowest BCUT2D eigenvalue weighted by molar-refractivity contribution is -0.146. The number of aliphatic hydroxyl groups is 1. The van der Waals surface area contributed by atoms with E-state index < -0.39 is 11.6 Å². The highest BCUT2D eigenvalue weighted by Gasteiger charge is 2.35. The highest BCUT2D eigenvalue weighted by molar-refractivity contribution is 5.76. The fraction of sp³-hybridized carbons (Fsp3) is 0.682. The lowest BCUT2D eigenvalue weighted by Gasteiger charge is -2.37. The Kier molecular flexibility index (Phi) is 7.05. The molecule has 2 aliphatic rings. The van der Waals surface area contributed by atoms with Crippen molar-refractivity contribution in [1.29, 1.82) is 0 Å². The van der Waals surface area contributed by atoms with E-state index in [2.05, 4.69) is 12.1 Å². The molecule has 0 aromatic carbocycles. The van der Waals surface area contributed by atoms with Crippen LogP contribution in [-0.2, 0) is 28.9 Å². The molecule has 2 heterocycles. The van der Waals surface area contributed by atoms with Crippen LogP contribution in [0.25, 0.3) is 0 Å². The monoisotopic (exact) mass is 388 g/mol. The molecule has 1 amide bonds. The average Bonchev–Trinajstić information content (AvgIpc) is 2.67. The minimum absolute atomic E-state index is 0.115. The Balaban J connectivity index is 1.32. The number of carbonyl (C=O) groups is 2. The standard InChI is InChI=1S/C22H32N2O4/c25-20(24-14-12-22(28,13-15-24)16-21(26)27)9-3-1-2-7-18-11-10-17-6-4-5-8-19(17)23-18/h10-11,28H,1-9,12-16H2,(H,26,27). The smallest absolute Gasteiger partial charge is 0.306 e. The van der Waals surface area contributed by atoms with Crippen LogP contribution in [0.3, 0.4) is 0 Å². The number of pyridine rings is 1. The van der Waals surface area contributed by atoms with Gasteiger partial charge in [0.1, 0.15) is 0 Å². The van der Waals surface area contributed by atoms with E-state index in [1.807, 2.05) is 0 Å². The average molecular weight is 389 g/mol. The number of carboxylic acids is 1. The highest BCUT2D eigenvalue weighted by atomic mass is 16.4. The van der Waals surface area contributed by atoms with Gasteiger partial charge in [-0.1, -0.05) is 12.5 Å². The lowest BCUT2D eigenvalue weighted by atomic mass is 9.88. The Morgan fingerprint density at radius 2 is 1.82 bits per heavy atom. The predicted octanol–water partition coefficient (Wildman–Crippen LogP) is 2.89. The Hall–Kier alpha value is -1.95. The van der Waals surface area contributed by atoms with Gasteiger partial charge in [-0.25, -0.2) is 0 Å². The van der Waals surface area contributed by atoms with E-state index in [1.165, 1.54) is 29.8 Å². The van der Waals surface area contributed by atoms with Crippen LogP contribution in [0.2, 0.25) is 0 Å². The summed E-state index contributed by atoms with van der Waals surface area (Å²) >= 11 is 0. The van der Waals surface area contributed by atoms with Crippen LogP contribution >= 0.6 is 0 Å². The summed E-state index contributed by atoms with van der Waals surface area (Å²) in [5, 5.41) is 19.1. The number of carboxylic acid groups (broad SMARTS) is 1. The molecule has 1 aromatic heterocycles. The van der Waals surface area contributed by atoms with Gasteiger partial charge in [0.15, 0.2) is 0 Å². The molecule has 0 saturated carbocycles. The van der Waals surface area contributed by atoms with Gasteiger partial charge in [-0.05, 0) is 69.4 Å². The number of aliphatic carboxylic acids is 1. The Morgan fingerprint density at radius 3 is 2.57 bits per heavy atom. The minimum Gasteiger partial charge on any atom is -0.481 e. The van der Waals surface area contributed by atoms with Crippen molar-refractivity contribution in [3.05, 3.63) is 29.1 Å². The van der Waals surface area contributed by atoms with Crippen LogP contribution in [0.1, 0.15) is 74.7 Å². The van der Waals surface area contributed by atoms with Crippen LogP contribution < -0.4 is 0 Å². The van der Waals surface area contributed by atoms with Gasteiger partial charge < -0.3 is 15.1 Å². The summed E-state index contributed by atoms with van der Waals surface area (Å²) < 4.78 is 0. The summed E-state index contributed by atoms with van der Waals surface area (Å²) in [5.74, 6) is -0.875. The third-order valence-electron chi connectivity index (χ3n) is 6.09. The van der Waals surface area contributed by atoms with Crippen LogP contribution in [0.4, 0.5) is 0 Å². The summed E-state index contributed by atoms with van der Waals surface area (Å²) in [6.07, 6.45) is 9.62. The van der Waals surface area contributed by atoms with E-state index in [0.717, 1.165) is 38.5 Å². The molecule has 0 spiro atoms. The first-order chi connectivity index (χ1) is 13.5. The third kappa shape index (κ3) is 5.77. The minimum atomic E-state index is -1.16. The Labute approximate surface area is 167 Å². The molecule has 0 radical (unpaired) electrons. The maximum atomic E-state index is 12.3. The van der Waals surface area contributed by atoms with Crippen molar-refractivity contribution in [3.8, 4) is 0 Å². The van der Waals surface area contributed by atoms with Crippen molar-refractivity contribution in [2.24, 2.45) is 0 Å². The van der Waals surface area contributed by atoms with Crippen molar-refractivity contribution in [2.75, 3.05) is 13.1 Å². The van der Waals surface area contributed by atoms with Gasteiger partial charge >= 0.3 is 5.97 Å². The van der Waals surface area contributed by atoms with Crippen LogP contribution in [-0.4, -0.2) is 50.7 Å². The van der Waals surface area contributed by atoms with Crippen LogP contribution in [0.15, 0.2) is 12.1 Å². The van der Waals surface area contributed by atoms with E-state index in [-0.39, 0.29) is 12.3 Å². The molecule has 1 aliphatic carbocycles. The molecular weight excluding hydrogens is 356 g/mol. The van der Waals surface area contributed by atoms with Gasteiger partial charge in [0.25, 0.3) is 0 Å². The fourth-order valence-corrected chi connectivity index (χ4v) is 4.31. The van der Waals surface area contributed by atoms with Crippen molar-refractivity contribution >= 4 is 11.9 Å². The molecule has 0 bridgehead atoms. The second-order valence-electron chi connectivity index (χ2n) is 8.35. The molecule has 6 nitrogen and oxygen atoms in total. The van der Waals surface area contributed by atoms with Gasteiger partial charge in [0, 0.05) is 30.9 Å². The largest absolute Gasteiger partial charge is 0.481 e. The normalized spacial score (nSPS) is 18.5. The summed E-state index contributed by atoms with van der Waals surface area (Å²) in [7, 11) is 0. The number of aryl methyl sites for hydroxylation is 3. The number of hydrogen-bond acceptors (Lipinski definition) is 4. The quantitative estimate of drug-likeness (QED) is 0.668. The predicted molar refractivity (Wildman–Crippen MR) is 106 cm³/mol. The zero-order valence-corrected chi connectivity index (χ0v) is 16.7. The number of nitrogens with zero attached hydrogens (tertiary/aromatic N) is 2. The first-order valence-electron chi connectivity index (χ1n) is 10.6. The fourth-order valence-electron chi connectivity index (χ4n) is 4.31. The van der Waals surface area contributed by atoms with Gasteiger partial charge in [0.05, 0.1) is 12.0 Å². The number of aromatic nitrogens is 1. The van der Waals surface area contributed by atoms with Crippen molar-refractivity contribution in [3.63, 3.8) is 0 Å². The van der Waals surface area contributed by atoms with Crippen LogP contribution in [0.5, 0.6) is 0 Å². The molecule has 1 aliphatic heterocycles. The first-order valence-corrected chi connectivity index (χ1v) is 10.6. The zero-order chi connectivity index (χ0) is 20.0. The SMILES string of the molecule is O=C(O)CC1(O)CCN(C(=O)CCCCCc2ccc3c(n2)CCCC3)CC1. The zero-order valence-electron chi connectivity index (χ0n) is 16.7. The summed E-state index contributed by atoms with van der Waals surface area (Å²) in [6, 6.07) is 4.39. The number of hydrogen-bond donors (Lipinski definition) is 2. The van der Waals surface area contributed by atoms with Gasteiger partial charge in [-0.2, -0.15) is 0 Å². The maximum Gasteiger partial charge on any atom is 0.306 e. The summed E-state index contributed by atoms with van der Waals surface area (Å²) in [6.45, 7) is 0.892. The highest BCUT2D eigenvalue weighted by Crippen LogP contribution is 2.26. The maximum absolute atomic E-state index is 12.3. The number of rotatable bonds is 8. The van der Waals surface area contributed by atoms with E-state index in [4.69, 9.17) is 10.1 Å². The molecular formula is C22H32N2O4. The second kappa shape index (κ2) is 9.50. The molecule has 28 heavy (non-hydrogen) atoms. The lowest BCUT2D eigenvalue weighted by Crippen LogP contribution is -2.47. The number of amides is 1. The van der Waals surface area contributed by atoms with E-state index in [1.54, 1.807) is 4.90 Å². The van der Waals surface area contributed by atoms with Crippen LogP contribution in [0, 0.1) is 0 Å². The van der Waals surface area contributed by atoms with E-state index >= 15 is 0 Å². The Bertz CT molecular complexity index is 696. The number of piperidine rings is 1. The van der Waals surface area contributed by atoms with Crippen molar-refractivity contribution in [1.82, 2.24) is 9.88 Å². The molecule has 1 saturated heterocycles. The van der Waals surface area contributed by atoms with Crippen molar-refractivity contribution in [2.45, 2.75) is 82.7 Å². The molecule has 2 N–H and O–H groups in total. The topological polar surface area (TPSA) is 90.7 Å². The second-order valence-corrected chi connectivity index (χ2v) is 8.35. The van der Waals surface area contributed by atoms with E-state index in [9.17, 15) is 14.7 Å². The molecule has 1 aromatic rings. The summed E-state index contributed by atoms with van der Waals surface area (Å²) in [5.41, 5.74) is 2.70. The summed E-state index contributed by atoms with van der Waals surface area (Å²) in [4.78, 5) is 29.7. The number of likely N-dealkylation sites (tertiary alicyclic amines) is 1. The van der Waals surface area contributed by atoms with E-state index in [0.29, 0.717) is 32.4 Å². The number of fused-ring (bicyclic) bond motifs is 1. The Morgan fingerprint density at radius 1 is 1.07 bits per heavy atom. The van der Waals surface area contributed by atoms with Crippen molar-refractivity contribution < 1.29 is 19.8 Å². The molecule has 0 atom stereocenters. The molecule has 154 valence electrons.